The highest BCUT2D eigenvalue weighted by molar-refractivity contribution is 6.17. The van der Waals surface area contributed by atoms with E-state index in [4.69, 9.17) is 16.3 Å². The van der Waals surface area contributed by atoms with Gasteiger partial charge in [-0.15, -0.1) is 11.6 Å². The lowest BCUT2D eigenvalue weighted by Crippen LogP contribution is -1.95. The van der Waals surface area contributed by atoms with Crippen molar-refractivity contribution in [1.82, 2.24) is 0 Å². The van der Waals surface area contributed by atoms with Crippen LogP contribution in [0, 0.1) is 22.9 Å². The van der Waals surface area contributed by atoms with E-state index in [0.29, 0.717) is 5.56 Å². The van der Waals surface area contributed by atoms with Crippen LogP contribution in [0.25, 0.3) is 0 Å². The Morgan fingerprint density at radius 2 is 2.05 bits per heavy atom. The highest BCUT2D eigenvalue weighted by Crippen LogP contribution is 2.32. The number of benzene rings is 2. The number of aryl methyl sites for hydroxylation is 1. The van der Waals surface area contributed by atoms with Gasteiger partial charge < -0.3 is 4.74 Å². The summed E-state index contributed by atoms with van der Waals surface area (Å²) in [5.74, 6) is -0.142. The van der Waals surface area contributed by atoms with Gasteiger partial charge in [0.15, 0.2) is 0 Å². The van der Waals surface area contributed by atoms with Crippen molar-refractivity contribution < 1.29 is 14.1 Å². The van der Waals surface area contributed by atoms with Crippen molar-refractivity contribution in [2.45, 2.75) is 12.8 Å². The van der Waals surface area contributed by atoms with Gasteiger partial charge >= 0.3 is 5.69 Å². The van der Waals surface area contributed by atoms with Gasteiger partial charge in [-0.1, -0.05) is 6.07 Å². The minimum absolute atomic E-state index is 0.0618. The van der Waals surface area contributed by atoms with Gasteiger partial charge in [-0.2, -0.15) is 0 Å². The summed E-state index contributed by atoms with van der Waals surface area (Å²) >= 11 is 5.65. The molecule has 2 aromatic carbocycles. The van der Waals surface area contributed by atoms with Gasteiger partial charge in [0, 0.05) is 18.0 Å². The Bertz CT molecular complexity index is 661. The summed E-state index contributed by atoms with van der Waals surface area (Å²) in [5, 5.41) is 11.0. The molecule has 20 heavy (non-hydrogen) atoms. The zero-order valence-electron chi connectivity index (χ0n) is 10.6. The van der Waals surface area contributed by atoms with E-state index < -0.39 is 10.7 Å². The van der Waals surface area contributed by atoms with Gasteiger partial charge in [-0.25, -0.2) is 4.39 Å². The zero-order valence-corrected chi connectivity index (χ0v) is 11.4. The fraction of sp³-hybridized carbons (Fsp3) is 0.143. The van der Waals surface area contributed by atoms with Crippen molar-refractivity contribution >= 4 is 17.3 Å². The van der Waals surface area contributed by atoms with Crippen LogP contribution in [0.4, 0.5) is 10.1 Å². The number of halogens is 2. The number of nitro benzene ring substituents is 1. The predicted molar refractivity (Wildman–Crippen MR) is 73.9 cm³/mol. The first-order valence-electron chi connectivity index (χ1n) is 5.78. The molecule has 2 rings (SSSR count). The predicted octanol–water partition coefficient (Wildman–Crippen LogP) is 4.57. The van der Waals surface area contributed by atoms with Crippen LogP contribution in [0.3, 0.4) is 0 Å². The molecule has 0 unspecified atom stereocenters. The Morgan fingerprint density at radius 3 is 2.70 bits per heavy atom. The standard InChI is InChI=1S/C14H11ClFNO3/c1-9-2-3-14(13(4-9)17(18)19)20-12-6-10(8-15)5-11(16)7-12/h2-7H,8H2,1H3. The Kier molecular flexibility index (Phi) is 4.20. The Hall–Kier alpha value is -2.14. The molecule has 0 saturated carbocycles. The van der Waals surface area contributed by atoms with Gasteiger partial charge in [-0.3, -0.25) is 10.1 Å². The molecule has 0 atom stereocenters. The Labute approximate surface area is 119 Å². The first-order chi connectivity index (χ1) is 9.49. The molecule has 0 fully saturated rings. The van der Waals surface area contributed by atoms with E-state index in [1.807, 2.05) is 0 Å². The molecule has 0 aliphatic rings. The maximum absolute atomic E-state index is 13.4. The molecule has 0 aliphatic carbocycles. The van der Waals surface area contributed by atoms with E-state index in [1.54, 1.807) is 19.1 Å². The summed E-state index contributed by atoms with van der Waals surface area (Å²) in [7, 11) is 0. The maximum atomic E-state index is 13.4. The minimum Gasteiger partial charge on any atom is -0.450 e. The quantitative estimate of drug-likeness (QED) is 0.471. The van der Waals surface area contributed by atoms with E-state index in [9.17, 15) is 14.5 Å². The highest BCUT2D eigenvalue weighted by atomic mass is 35.5. The van der Waals surface area contributed by atoms with Crippen LogP contribution in [0.5, 0.6) is 11.5 Å². The van der Waals surface area contributed by atoms with Crippen molar-refractivity contribution in [2.24, 2.45) is 0 Å². The van der Waals surface area contributed by atoms with Gasteiger partial charge in [-0.05, 0) is 36.2 Å². The number of nitro groups is 1. The molecule has 6 heteroatoms. The lowest BCUT2D eigenvalue weighted by Gasteiger charge is -2.08. The van der Waals surface area contributed by atoms with Gasteiger partial charge in [0.05, 0.1) is 4.92 Å². The van der Waals surface area contributed by atoms with Crippen LogP contribution < -0.4 is 4.74 Å². The average molecular weight is 296 g/mol. The van der Waals surface area contributed by atoms with Crippen molar-refractivity contribution in [3.05, 3.63) is 63.5 Å². The lowest BCUT2D eigenvalue weighted by molar-refractivity contribution is -0.385. The molecule has 0 heterocycles. The first-order valence-corrected chi connectivity index (χ1v) is 6.31. The normalized spacial score (nSPS) is 10.3. The zero-order chi connectivity index (χ0) is 14.7. The second kappa shape index (κ2) is 5.88. The Balaban J connectivity index is 2.39. The number of rotatable bonds is 4. The lowest BCUT2D eigenvalue weighted by atomic mass is 10.2. The third-order valence-corrected chi connectivity index (χ3v) is 2.93. The molecule has 104 valence electrons. The second-order valence-electron chi connectivity index (χ2n) is 4.26. The fourth-order valence-corrected chi connectivity index (χ4v) is 1.89. The number of alkyl halides is 1. The highest BCUT2D eigenvalue weighted by Gasteiger charge is 2.16. The fourth-order valence-electron chi connectivity index (χ4n) is 1.74. The van der Waals surface area contributed by atoms with Gasteiger partial charge in [0.2, 0.25) is 5.75 Å². The molecule has 0 N–H and O–H groups in total. The third-order valence-electron chi connectivity index (χ3n) is 2.62. The second-order valence-corrected chi connectivity index (χ2v) is 4.53. The van der Waals surface area contributed by atoms with Crippen molar-refractivity contribution in [3.63, 3.8) is 0 Å². The van der Waals surface area contributed by atoms with Gasteiger partial charge in [0.1, 0.15) is 11.6 Å². The molecule has 0 radical (unpaired) electrons. The molecule has 4 nitrogen and oxygen atoms in total. The average Bonchev–Trinajstić information content (AvgIpc) is 2.40. The SMILES string of the molecule is Cc1ccc(Oc2cc(F)cc(CCl)c2)c([N+](=O)[O-])c1. The molecule has 0 saturated heterocycles. The molecular weight excluding hydrogens is 285 g/mol. The first kappa shape index (κ1) is 14.3. The van der Waals surface area contributed by atoms with Crippen LogP contribution in [0.1, 0.15) is 11.1 Å². The number of nitrogens with zero attached hydrogens (tertiary/aromatic N) is 1. The van der Waals surface area contributed by atoms with Crippen LogP contribution in [0.15, 0.2) is 36.4 Å². The molecule has 0 bridgehead atoms. The summed E-state index contributed by atoms with van der Waals surface area (Å²) in [5.41, 5.74) is 1.11. The van der Waals surface area contributed by atoms with Crippen molar-refractivity contribution in [3.8, 4) is 11.5 Å². The van der Waals surface area contributed by atoms with Crippen LogP contribution in [0.2, 0.25) is 0 Å². The number of ether oxygens (including phenoxy) is 1. The third kappa shape index (κ3) is 3.24. The molecule has 0 spiro atoms. The largest absolute Gasteiger partial charge is 0.450 e. The molecule has 0 aliphatic heterocycles. The Morgan fingerprint density at radius 1 is 1.30 bits per heavy atom. The maximum Gasteiger partial charge on any atom is 0.311 e. The van der Waals surface area contributed by atoms with E-state index in [0.717, 1.165) is 11.6 Å². The molecule has 0 amide bonds. The summed E-state index contributed by atoms with van der Waals surface area (Å²) < 4.78 is 18.8. The molecule has 2 aromatic rings. The van der Waals surface area contributed by atoms with E-state index in [2.05, 4.69) is 0 Å². The smallest absolute Gasteiger partial charge is 0.311 e. The van der Waals surface area contributed by atoms with Crippen molar-refractivity contribution in [1.29, 1.82) is 0 Å². The monoisotopic (exact) mass is 295 g/mol. The topological polar surface area (TPSA) is 52.4 Å². The summed E-state index contributed by atoms with van der Waals surface area (Å²) in [4.78, 5) is 10.4. The van der Waals surface area contributed by atoms with Gasteiger partial charge in [0.25, 0.3) is 0 Å². The van der Waals surface area contributed by atoms with E-state index in [1.165, 1.54) is 18.2 Å². The number of hydrogen-bond donors (Lipinski definition) is 0. The molecule has 0 aromatic heterocycles. The van der Waals surface area contributed by atoms with Crippen LogP contribution >= 0.6 is 11.6 Å². The van der Waals surface area contributed by atoms with E-state index in [-0.39, 0.29) is 23.1 Å². The summed E-state index contributed by atoms with van der Waals surface area (Å²) in [6.45, 7) is 1.74. The number of hydrogen-bond acceptors (Lipinski definition) is 3. The van der Waals surface area contributed by atoms with Crippen molar-refractivity contribution in [2.75, 3.05) is 0 Å². The van der Waals surface area contributed by atoms with E-state index >= 15 is 0 Å². The van der Waals surface area contributed by atoms with Crippen LogP contribution in [-0.4, -0.2) is 4.92 Å². The minimum atomic E-state index is -0.538. The summed E-state index contributed by atoms with van der Waals surface area (Å²) in [6.07, 6.45) is 0. The van der Waals surface area contributed by atoms with Crippen LogP contribution in [-0.2, 0) is 5.88 Å². The summed E-state index contributed by atoms with van der Waals surface area (Å²) in [6, 6.07) is 8.54. The molecular formula is C14H11ClFNO3.